The number of hydrogen-bond donors (Lipinski definition) is 2. The molecule has 1 aliphatic carbocycles. The van der Waals surface area contributed by atoms with Crippen molar-refractivity contribution in [3.63, 3.8) is 0 Å². The quantitative estimate of drug-likeness (QED) is 0.706. The molecule has 0 amide bonds. The van der Waals surface area contributed by atoms with Crippen LogP contribution in [-0.2, 0) is 0 Å². The third-order valence-corrected chi connectivity index (χ3v) is 6.44. The van der Waals surface area contributed by atoms with E-state index >= 15 is 0 Å². The molecule has 2 aliphatic heterocycles. The summed E-state index contributed by atoms with van der Waals surface area (Å²) in [5.74, 6) is 2.33. The number of fused-ring (bicyclic) bond motifs is 2. The first kappa shape index (κ1) is 17.2. The van der Waals surface area contributed by atoms with Gasteiger partial charge >= 0.3 is 0 Å². The summed E-state index contributed by atoms with van der Waals surface area (Å²) in [7, 11) is 0. The molecule has 4 heterocycles. The molecule has 150 valence electrons. The molecule has 2 N–H and O–H groups in total. The van der Waals surface area contributed by atoms with Crippen LogP contribution in [0.25, 0.3) is 11.0 Å². The summed E-state index contributed by atoms with van der Waals surface area (Å²) in [6.45, 7) is 1.75. The maximum absolute atomic E-state index is 13.9. The molecule has 3 unspecified atom stereocenters. The lowest BCUT2D eigenvalue weighted by Crippen LogP contribution is -2.47. The van der Waals surface area contributed by atoms with E-state index in [1.165, 1.54) is 18.5 Å². The lowest BCUT2D eigenvalue weighted by molar-refractivity contribution is 0.118. The van der Waals surface area contributed by atoms with Crippen LogP contribution in [0.3, 0.4) is 0 Å². The van der Waals surface area contributed by atoms with Crippen molar-refractivity contribution < 1.29 is 9.13 Å². The zero-order valence-electron chi connectivity index (χ0n) is 16.1. The molecule has 1 saturated carbocycles. The van der Waals surface area contributed by atoms with E-state index in [9.17, 15) is 4.39 Å². The van der Waals surface area contributed by atoms with E-state index in [2.05, 4.69) is 37.3 Å². The molecule has 3 aromatic rings. The molecule has 0 bridgehead atoms. The number of aromatic nitrogens is 3. The summed E-state index contributed by atoms with van der Waals surface area (Å²) < 4.78 is 20.0. The summed E-state index contributed by atoms with van der Waals surface area (Å²) in [6, 6.07) is 10.3. The molecular weight excluding hydrogens is 369 g/mol. The summed E-state index contributed by atoms with van der Waals surface area (Å²) in [5, 5.41) is 4.69. The van der Waals surface area contributed by atoms with Crippen molar-refractivity contribution in [3.05, 3.63) is 47.9 Å². The second kappa shape index (κ2) is 6.69. The molecule has 3 atom stereocenters. The maximum Gasteiger partial charge on any atom is 0.143 e. The minimum atomic E-state index is -0.760. The molecule has 1 saturated heterocycles. The zero-order valence-corrected chi connectivity index (χ0v) is 16.1. The molecule has 6 nitrogen and oxygen atoms in total. The molecule has 3 aliphatic rings. The average Bonchev–Trinajstić information content (AvgIpc) is 3.35. The van der Waals surface area contributed by atoms with Crippen molar-refractivity contribution in [2.75, 3.05) is 25.0 Å². The Morgan fingerprint density at radius 3 is 2.90 bits per heavy atom. The number of nitrogens with zero attached hydrogens (tertiary/aromatic N) is 3. The van der Waals surface area contributed by atoms with Gasteiger partial charge in [-0.25, -0.2) is 14.4 Å². The van der Waals surface area contributed by atoms with Gasteiger partial charge in [0.1, 0.15) is 36.3 Å². The fraction of sp³-hybridized carbons (Fsp3) is 0.455. The Morgan fingerprint density at radius 2 is 2.07 bits per heavy atom. The highest BCUT2D eigenvalue weighted by Crippen LogP contribution is 2.42. The van der Waals surface area contributed by atoms with Crippen LogP contribution in [0.5, 0.6) is 5.75 Å². The monoisotopic (exact) mass is 393 g/mol. The smallest absolute Gasteiger partial charge is 0.143 e. The molecule has 0 radical (unpaired) electrons. The van der Waals surface area contributed by atoms with Crippen LogP contribution in [0.4, 0.5) is 10.2 Å². The fourth-order valence-electron chi connectivity index (χ4n) is 4.72. The number of alkyl halides is 1. The van der Waals surface area contributed by atoms with Crippen LogP contribution in [0.2, 0.25) is 0 Å². The minimum Gasteiger partial charge on any atom is -0.491 e. The Hall–Kier alpha value is -2.67. The SMILES string of the molecule is FC1CCN(C2COc3ccccc3C2Nc2ncnc3[nH]c(C4CC4)cc23)C1. The summed E-state index contributed by atoms with van der Waals surface area (Å²) in [4.78, 5) is 14.7. The molecular formula is C22H24FN5O. The van der Waals surface area contributed by atoms with Crippen LogP contribution >= 0.6 is 0 Å². The topological polar surface area (TPSA) is 66.1 Å². The highest BCUT2D eigenvalue weighted by atomic mass is 19.1. The largest absolute Gasteiger partial charge is 0.491 e. The number of halogens is 1. The van der Waals surface area contributed by atoms with Crippen molar-refractivity contribution in [1.29, 1.82) is 0 Å². The van der Waals surface area contributed by atoms with Crippen molar-refractivity contribution in [2.45, 2.75) is 43.4 Å². The Bertz CT molecular complexity index is 1050. The molecule has 2 aromatic heterocycles. The zero-order chi connectivity index (χ0) is 19.4. The third kappa shape index (κ3) is 3.04. The van der Waals surface area contributed by atoms with Gasteiger partial charge < -0.3 is 15.0 Å². The fourth-order valence-corrected chi connectivity index (χ4v) is 4.72. The second-order valence-electron chi connectivity index (χ2n) is 8.40. The van der Waals surface area contributed by atoms with Crippen LogP contribution in [-0.4, -0.2) is 51.8 Å². The first-order chi connectivity index (χ1) is 14.3. The Labute approximate surface area is 168 Å². The number of aromatic amines is 1. The van der Waals surface area contributed by atoms with Crippen molar-refractivity contribution >= 4 is 16.9 Å². The Morgan fingerprint density at radius 1 is 1.17 bits per heavy atom. The Balaban J connectivity index is 1.39. The predicted octanol–water partition coefficient (Wildman–Crippen LogP) is 3.79. The number of H-pyrrole nitrogens is 1. The number of ether oxygens (including phenoxy) is 1. The maximum atomic E-state index is 13.9. The van der Waals surface area contributed by atoms with Gasteiger partial charge in [-0.05, 0) is 37.3 Å². The first-order valence-corrected chi connectivity index (χ1v) is 10.5. The van der Waals surface area contributed by atoms with E-state index in [0.29, 0.717) is 25.5 Å². The van der Waals surface area contributed by atoms with E-state index in [-0.39, 0.29) is 12.1 Å². The standard InChI is InChI=1S/C22H24FN5O/c23-14-7-8-28(10-14)18-11-29-19-4-2-1-3-15(19)20(18)27-22-16-9-17(13-5-6-13)26-21(16)24-12-25-22/h1-4,9,12-14,18,20H,5-8,10-11H2,(H2,24,25,26,27). The molecule has 7 heteroatoms. The number of nitrogens with one attached hydrogen (secondary N) is 2. The van der Waals surface area contributed by atoms with E-state index < -0.39 is 6.17 Å². The predicted molar refractivity (Wildman–Crippen MR) is 109 cm³/mol. The molecule has 2 fully saturated rings. The van der Waals surface area contributed by atoms with Crippen LogP contribution in [0.1, 0.15) is 42.5 Å². The molecule has 1 aromatic carbocycles. The number of rotatable bonds is 4. The molecule has 29 heavy (non-hydrogen) atoms. The van der Waals surface area contributed by atoms with Gasteiger partial charge in [-0.2, -0.15) is 0 Å². The van der Waals surface area contributed by atoms with Gasteiger partial charge in [-0.3, -0.25) is 4.90 Å². The van der Waals surface area contributed by atoms with Gasteiger partial charge in [-0.15, -0.1) is 0 Å². The van der Waals surface area contributed by atoms with Gasteiger partial charge in [0.05, 0.1) is 17.5 Å². The number of anilines is 1. The first-order valence-electron chi connectivity index (χ1n) is 10.5. The number of para-hydroxylation sites is 1. The van der Waals surface area contributed by atoms with E-state index in [1.807, 2.05) is 18.2 Å². The van der Waals surface area contributed by atoms with Crippen LogP contribution in [0, 0.1) is 0 Å². The van der Waals surface area contributed by atoms with E-state index in [1.54, 1.807) is 6.33 Å². The second-order valence-corrected chi connectivity index (χ2v) is 8.40. The highest BCUT2D eigenvalue weighted by Gasteiger charge is 2.38. The summed E-state index contributed by atoms with van der Waals surface area (Å²) >= 11 is 0. The molecule has 6 rings (SSSR count). The van der Waals surface area contributed by atoms with Crippen LogP contribution in [0.15, 0.2) is 36.7 Å². The number of hydrogen-bond acceptors (Lipinski definition) is 5. The van der Waals surface area contributed by atoms with Gasteiger partial charge in [0.25, 0.3) is 0 Å². The van der Waals surface area contributed by atoms with Gasteiger partial charge in [0, 0.05) is 24.3 Å². The normalized spacial score (nSPS) is 27.0. The van der Waals surface area contributed by atoms with Crippen molar-refractivity contribution in [3.8, 4) is 5.75 Å². The van der Waals surface area contributed by atoms with Crippen LogP contribution < -0.4 is 10.1 Å². The highest BCUT2D eigenvalue weighted by molar-refractivity contribution is 5.88. The van der Waals surface area contributed by atoms with Gasteiger partial charge in [-0.1, -0.05) is 18.2 Å². The van der Waals surface area contributed by atoms with Crippen molar-refractivity contribution in [1.82, 2.24) is 19.9 Å². The minimum absolute atomic E-state index is 0.0253. The lowest BCUT2D eigenvalue weighted by Gasteiger charge is -2.39. The molecule has 0 spiro atoms. The van der Waals surface area contributed by atoms with E-state index in [4.69, 9.17) is 4.74 Å². The van der Waals surface area contributed by atoms with Crippen molar-refractivity contribution in [2.24, 2.45) is 0 Å². The third-order valence-electron chi connectivity index (χ3n) is 6.44. The number of benzene rings is 1. The summed E-state index contributed by atoms with van der Waals surface area (Å²) in [5.41, 5.74) is 3.20. The number of likely N-dealkylation sites (tertiary alicyclic amines) is 1. The summed E-state index contributed by atoms with van der Waals surface area (Å²) in [6.07, 6.45) is 3.90. The van der Waals surface area contributed by atoms with Gasteiger partial charge in [0.15, 0.2) is 0 Å². The Kier molecular flexibility index (Phi) is 3.97. The lowest BCUT2D eigenvalue weighted by atomic mass is 9.95. The van der Waals surface area contributed by atoms with Gasteiger partial charge in [0.2, 0.25) is 0 Å². The van der Waals surface area contributed by atoms with E-state index in [0.717, 1.165) is 34.7 Å². The average molecular weight is 393 g/mol.